The molecule has 3 atom stereocenters. The van der Waals surface area contributed by atoms with E-state index in [9.17, 15) is 13.6 Å². The first-order valence-corrected chi connectivity index (χ1v) is 10.1. The predicted molar refractivity (Wildman–Crippen MR) is 105 cm³/mol. The van der Waals surface area contributed by atoms with Crippen molar-refractivity contribution < 1.29 is 13.6 Å². The second-order valence-corrected chi connectivity index (χ2v) is 7.91. The number of hydrogen-bond donors (Lipinski definition) is 1. The fourth-order valence-corrected chi connectivity index (χ4v) is 4.68. The van der Waals surface area contributed by atoms with E-state index in [0.717, 1.165) is 43.4 Å². The van der Waals surface area contributed by atoms with Crippen molar-refractivity contribution in [1.82, 2.24) is 10.2 Å². The number of likely N-dealkylation sites (tertiary alicyclic amines) is 1. The number of carbonyl (C=O) groups excluding carboxylic acids is 1. The molecule has 0 bridgehead atoms. The van der Waals surface area contributed by atoms with Crippen molar-refractivity contribution in [3.8, 4) is 0 Å². The van der Waals surface area contributed by atoms with Gasteiger partial charge in [-0.2, -0.15) is 0 Å². The topological polar surface area (TPSA) is 32.3 Å². The number of rotatable bonds is 3. The van der Waals surface area contributed by atoms with Crippen molar-refractivity contribution in [2.75, 3.05) is 13.1 Å². The first-order chi connectivity index (χ1) is 13.6. The lowest BCUT2D eigenvalue weighted by Crippen LogP contribution is -2.47. The van der Waals surface area contributed by atoms with E-state index in [4.69, 9.17) is 0 Å². The minimum absolute atomic E-state index is 0.0582. The highest BCUT2D eigenvalue weighted by atomic mass is 19.1. The minimum Gasteiger partial charge on any atom is -0.337 e. The van der Waals surface area contributed by atoms with Crippen LogP contribution in [0.5, 0.6) is 0 Å². The molecule has 4 rings (SSSR count). The second-order valence-electron chi connectivity index (χ2n) is 7.91. The maximum absolute atomic E-state index is 13.8. The summed E-state index contributed by atoms with van der Waals surface area (Å²) in [5.41, 5.74) is 1.76. The highest BCUT2D eigenvalue weighted by Gasteiger charge is 2.44. The van der Waals surface area contributed by atoms with Crippen molar-refractivity contribution in [3.05, 3.63) is 71.3 Å². The molecule has 0 aromatic heterocycles. The number of nitrogens with one attached hydrogen (secondary N) is 1. The summed E-state index contributed by atoms with van der Waals surface area (Å²) >= 11 is 0. The maximum atomic E-state index is 13.8. The third kappa shape index (κ3) is 4.09. The molecule has 148 valence electrons. The van der Waals surface area contributed by atoms with Crippen LogP contribution in [0.1, 0.15) is 42.7 Å². The van der Waals surface area contributed by atoms with Gasteiger partial charge in [0.25, 0.3) is 0 Å². The molecule has 3 nitrogen and oxygen atoms in total. The first kappa shape index (κ1) is 19.1. The van der Waals surface area contributed by atoms with Gasteiger partial charge in [0.1, 0.15) is 11.6 Å². The van der Waals surface area contributed by atoms with Crippen LogP contribution in [0.4, 0.5) is 8.78 Å². The van der Waals surface area contributed by atoms with Crippen molar-refractivity contribution in [1.29, 1.82) is 0 Å². The van der Waals surface area contributed by atoms with Gasteiger partial charge in [-0.1, -0.05) is 37.1 Å². The molecule has 2 fully saturated rings. The summed E-state index contributed by atoms with van der Waals surface area (Å²) < 4.78 is 27.0. The van der Waals surface area contributed by atoms with Crippen LogP contribution in [0.3, 0.4) is 0 Å². The molecule has 0 aliphatic carbocycles. The van der Waals surface area contributed by atoms with Crippen molar-refractivity contribution >= 4 is 5.91 Å². The molecule has 2 saturated heterocycles. The average molecular weight is 384 g/mol. The summed E-state index contributed by atoms with van der Waals surface area (Å²) in [6, 6.07) is 13.1. The molecule has 0 spiro atoms. The Morgan fingerprint density at radius 1 is 1.04 bits per heavy atom. The number of carbonyl (C=O) groups is 1. The molecule has 0 saturated carbocycles. The highest BCUT2D eigenvalue weighted by molar-refractivity contribution is 5.79. The molecule has 2 aliphatic rings. The minimum atomic E-state index is -0.298. The molecule has 5 heteroatoms. The highest BCUT2D eigenvalue weighted by Crippen LogP contribution is 2.36. The number of amides is 1. The maximum Gasteiger partial charge on any atom is 0.227 e. The van der Waals surface area contributed by atoms with Crippen molar-refractivity contribution in [3.63, 3.8) is 0 Å². The lowest BCUT2D eigenvalue weighted by atomic mass is 9.88. The Morgan fingerprint density at radius 3 is 2.64 bits per heavy atom. The molecule has 2 aliphatic heterocycles. The van der Waals surface area contributed by atoms with Crippen LogP contribution in [0.15, 0.2) is 48.5 Å². The standard InChI is InChI=1S/C23H26F2N2O/c24-18-10-8-16(9-11-18)13-22(28)27-15-20(17-5-4-6-19(25)14-17)23-21(27)7-2-1-3-12-26-23/h4-6,8-11,14,20-21,23,26H,1-3,7,12-13,15H2/t20-,21+,23-/m0/s1. The monoisotopic (exact) mass is 384 g/mol. The molecule has 28 heavy (non-hydrogen) atoms. The zero-order valence-electron chi connectivity index (χ0n) is 15.9. The van der Waals surface area contributed by atoms with Gasteiger partial charge in [-0.15, -0.1) is 0 Å². The Labute approximate surface area is 164 Å². The molecule has 2 aromatic carbocycles. The zero-order chi connectivity index (χ0) is 19.5. The molecule has 2 heterocycles. The van der Waals surface area contributed by atoms with E-state index in [1.54, 1.807) is 24.3 Å². The van der Waals surface area contributed by atoms with Gasteiger partial charge in [0.15, 0.2) is 0 Å². The van der Waals surface area contributed by atoms with E-state index >= 15 is 0 Å². The van der Waals surface area contributed by atoms with Crippen molar-refractivity contribution in [2.24, 2.45) is 0 Å². The van der Waals surface area contributed by atoms with Crippen LogP contribution in [0, 0.1) is 11.6 Å². The number of nitrogens with zero attached hydrogens (tertiary/aromatic N) is 1. The normalized spacial score (nSPS) is 25.1. The van der Waals surface area contributed by atoms with Gasteiger partial charge in [0, 0.05) is 24.5 Å². The number of benzene rings is 2. The lowest BCUT2D eigenvalue weighted by molar-refractivity contribution is -0.131. The van der Waals surface area contributed by atoms with Gasteiger partial charge in [0.2, 0.25) is 5.91 Å². The van der Waals surface area contributed by atoms with E-state index in [1.807, 2.05) is 11.0 Å². The summed E-state index contributed by atoms with van der Waals surface area (Å²) in [6.45, 7) is 1.51. The first-order valence-electron chi connectivity index (χ1n) is 10.1. The molecular formula is C23H26F2N2O. The molecule has 1 N–H and O–H groups in total. The van der Waals surface area contributed by atoms with Crippen molar-refractivity contribution in [2.45, 2.75) is 50.1 Å². The van der Waals surface area contributed by atoms with E-state index in [0.29, 0.717) is 6.54 Å². The second kappa shape index (κ2) is 8.39. The molecule has 0 radical (unpaired) electrons. The smallest absolute Gasteiger partial charge is 0.227 e. The zero-order valence-corrected chi connectivity index (χ0v) is 15.9. The van der Waals surface area contributed by atoms with Gasteiger partial charge in [-0.3, -0.25) is 4.79 Å². The molecule has 0 unspecified atom stereocenters. The Bertz CT molecular complexity index is 824. The van der Waals surface area contributed by atoms with E-state index in [2.05, 4.69) is 5.32 Å². The Kier molecular flexibility index (Phi) is 5.72. The fourth-order valence-electron chi connectivity index (χ4n) is 4.68. The summed E-state index contributed by atoms with van der Waals surface area (Å²) in [6.07, 6.45) is 4.60. The average Bonchev–Trinajstić information content (AvgIpc) is 3.01. The predicted octanol–water partition coefficient (Wildman–Crippen LogP) is 4.03. The summed E-state index contributed by atoms with van der Waals surface area (Å²) in [5.74, 6) is -0.400. The van der Waals surface area contributed by atoms with Crippen LogP contribution < -0.4 is 5.32 Å². The van der Waals surface area contributed by atoms with Crippen LogP contribution in [0.25, 0.3) is 0 Å². The van der Waals surface area contributed by atoms with Gasteiger partial charge in [-0.05, 0) is 54.8 Å². The summed E-state index contributed by atoms with van der Waals surface area (Å²) in [5, 5.41) is 3.64. The molecule has 2 aromatic rings. The SMILES string of the molecule is O=C(Cc1ccc(F)cc1)N1C[C@@H](c2cccc(F)c2)[C@@H]2NCCCCC[C@H]21. The Hall–Kier alpha value is -2.27. The Balaban J connectivity index is 1.58. The van der Waals surface area contributed by atoms with E-state index < -0.39 is 0 Å². The summed E-state index contributed by atoms with van der Waals surface area (Å²) in [4.78, 5) is 15.1. The Morgan fingerprint density at radius 2 is 1.86 bits per heavy atom. The third-order valence-electron chi connectivity index (χ3n) is 6.06. The van der Waals surface area contributed by atoms with Gasteiger partial charge < -0.3 is 10.2 Å². The number of fused-ring (bicyclic) bond motifs is 1. The fraction of sp³-hybridized carbons (Fsp3) is 0.435. The van der Waals surface area contributed by atoms with E-state index in [1.165, 1.54) is 18.2 Å². The van der Waals surface area contributed by atoms with Crippen LogP contribution >= 0.6 is 0 Å². The lowest BCUT2D eigenvalue weighted by Gasteiger charge is -2.31. The summed E-state index contributed by atoms with van der Waals surface area (Å²) in [7, 11) is 0. The van der Waals surface area contributed by atoms with Gasteiger partial charge in [-0.25, -0.2) is 8.78 Å². The largest absolute Gasteiger partial charge is 0.337 e. The molecular weight excluding hydrogens is 358 g/mol. The number of hydrogen-bond acceptors (Lipinski definition) is 2. The molecule has 1 amide bonds. The quantitative estimate of drug-likeness (QED) is 0.866. The van der Waals surface area contributed by atoms with Crippen LogP contribution in [-0.4, -0.2) is 36.0 Å². The van der Waals surface area contributed by atoms with E-state index in [-0.39, 0.29) is 42.0 Å². The van der Waals surface area contributed by atoms with Crippen LogP contribution in [-0.2, 0) is 11.2 Å². The van der Waals surface area contributed by atoms with Gasteiger partial charge in [0.05, 0.1) is 6.42 Å². The third-order valence-corrected chi connectivity index (χ3v) is 6.06. The van der Waals surface area contributed by atoms with Crippen LogP contribution in [0.2, 0.25) is 0 Å². The van der Waals surface area contributed by atoms with Gasteiger partial charge >= 0.3 is 0 Å². The number of halogens is 2.